The van der Waals surface area contributed by atoms with Gasteiger partial charge in [-0.1, -0.05) is 0 Å². The van der Waals surface area contributed by atoms with Crippen LogP contribution in [0.4, 0.5) is 5.69 Å². The fourth-order valence-corrected chi connectivity index (χ4v) is 1.45. The highest BCUT2D eigenvalue weighted by atomic mass is 16.5. The lowest BCUT2D eigenvalue weighted by atomic mass is 10.3. The molecule has 0 spiro atoms. The molecule has 0 aliphatic heterocycles. The summed E-state index contributed by atoms with van der Waals surface area (Å²) in [6.45, 7) is 1.51. The standard InChI is InChI=1S/C10H13N3O/c1-14-5-4-13-7-12-9-6-8(11)2-3-10(9)13/h2-3,6-7H,4-5,11H2,1H3. The van der Waals surface area contributed by atoms with Crippen molar-refractivity contribution in [1.82, 2.24) is 9.55 Å². The van der Waals surface area contributed by atoms with Crippen LogP contribution in [-0.4, -0.2) is 23.3 Å². The first-order chi connectivity index (χ1) is 6.81. The summed E-state index contributed by atoms with van der Waals surface area (Å²) in [6.07, 6.45) is 1.81. The van der Waals surface area contributed by atoms with E-state index < -0.39 is 0 Å². The number of nitrogens with two attached hydrogens (primary N) is 1. The molecule has 74 valence electrons. The van der Waals surface area contributed by atoms with Gasteiger partial charge in [-0.2, -0.15) is 0 Å². The number of imidazole rings is 1. The van der Waals surface area contributed by atoms with Gasteiger partial charge >= 0.3 is 0 Å². The number of nitrogen functional groups attached to an aromatic ring is 1. The molecule has 4 heteroatoms. The highest BCUT2D eigenvalue weighted by Crippen LogP contribution is 2.15. The molecule has 0 atom stereocenters. The van der Waals surface area contributed by atoms with Gasteiger partial charge in [-0.3, -0.25) is 0 Å². The molecule has 1 aromatic heterocycles. The van der Waals surface area contributed by atoms with E-state index in [2.05, 4.69) is 9.55 Å². The zero-order chi connectivity index (χ0) is 9.97. The second-order valence-electron chi connectivity index (χ2n) is 3.18. The smallest absolute Gasteiger partial charge is 0.0959 e. The van der Waals surface area contributed by atoms with Gasteiger partial charge in [0.2, 0.25) is 0 Å². The number of anilines is 1. The molecule has 2 aromatic rings. The predicted molar refractivity (Wildman–Crippen MR) is 56.0 cm³/mol. The zero-order valence-electron chi connectivity index (χ0n) is 8.10. The molecule has 4 nitrogen and oxygen atoms in total. The van der Waals surface area contributed by atoms with Crippen molar-refractivity contribution in [3.05, 3.63) is 24.5 Å². The Morgan fingerprint density at radius 2 is 2.36 bits per heavy atom. The van der Waals surface area contributed by atoms with Crippen LogP contribution in [-0.2, 0) is 11.3 Å². The van der Waals surface area contributed by atoms with Crippen molar-refractivity contribution in [3.63, 3.8) is 0 Å². The molecule has 0 unspecified atom stereocenters. The van der Waals surface area contributed by atoms with E-state index in [1.54, 1.807) is 7.11 Å². The first-order valence-electron chi connectivity index (χ1n) is 4.50. The van der Waals surface area contributed by atoms with Gasteiger partial charge in [0.05, 0.1) is 24.0 Å². The number of aromatic nitrogens is 2. The van der Waals surface area contributed by atoms with Crippen LogP contribution in [0.15, 0.2) is 24.5 Å². The van der Waals surface area contributed by atoms with Crippen LogP contribution in [0.3, 0.4) is 0 Å². The maximum absolute atomic E-state index is 5.66. The Labute approximate surface area is 82.3 Å². The quantitative estimate of drug-likeness (QED) is 0.743. The number of methoxy groups -OCH3 is 1. The highest BCUT2D eigenvalue weighted by molar-refractivity contribution is 5.78. The third-order valence-corrected chi connectivity index (χ3v) is 2.18. The van der Waals surface area contributed by atoms with Crippen LogP contribution < -0.4 is 5.73 Å². The summed E-state index contributed by atoms with van der Waals surface area (Å²) < 4.78 is 7.07. The molecule has 0 saturated heterocycles. The number of hydrogen-bond acceptors (Lipinski definition) is 3. The molecule has 14 heavy (non-hydrogen) atoms. The van der Waals surface area contributed by atoms with Crippen molar-refractivity contribution in [1.29, 1.82) is 0 Å². The molecule has 0 saturated carbocycles. The van der Waals surface area contributed by atoms with Gasteiger partial charge in [0.25, 0.3) is 0 Å². The van der Waals surface area contributed by atoms with E-state index in [1.807, 2.05) is 24.5 Å². The number of fused-ring (bicyclic) bond motifs is 1. The summed E-state index contributed by atoms with van der Waals surface area (Å²) in [5.74, 6) is 0. The van der Waals surface area contributed by atoms with E-state index >= 15 is 0 Å². The van der Waals surface area contributed by atoms with Crippen molar-refractivity contribution in [2.45, 2.75) is 6.54 Å². The molecule has 2 rings (SSSR count). The summed E-state index contributed by atoms with van der Waals surface area (Å²) in [5.41, 5.74) is 8.43. The first-order valence-corrected chi connectivity index (χ1v) is 4.50. The van der Waals surface area contributed by atoms with Crippen LogP contribution in [0.25, 0.3) is 11.0 Å². The minimum absolute atomic E-state index is 0.690. The Bertz CT molecular complexity index is 436. The van der Waals surface area contributed by atoms with E-state index in [-0.39, 0.29) is 0 Å². The zero-order valence-corrected chi connectivity index (χ0v) is 8.10. The molecule has 0 aliphatic carbocycles. The summed E-state index contributed by atoms with van der Waals surface area (Å²) in [5, 5.41) is 0. The number of ether oxygens (including phenoxy) is 1. The third kappa shape index (κ3) is 1.56. The predicted octanol–water partition coefficient (Wildman–Crippen LogP) is 1.26. The van der Waals surface area contributed by atoms with E-state index in [0.29, 0.717) is 6.61 Å². The normalized spacial score (nSPS) is 10.9. The lowest BCUT2D eigenvalue weighted by Crippen LogP contribution is -2.02. The lowest BCUT2D eigenvalue weighted by molar-refractivity contribution is 0.188. The monoisotopic (exact) mass is 191 g/mol. The maximum atomic E-state index is 5.66. The van der Waals surface area contributed by atoms with Crippen molar-refractivity contribution in [2.24, 2.45) is 0 Å². The average Bonchev–Trinajstić information content (AvgIpc) is 2.57. The van der Waals surface area contributed by atoms with Crippen molar-refractivity contribution in [3.8, 4) is 0 Å². The van der Waals surface area contributed by atoms with E-state index in [1.165, 1.54) is 0 Å². The molecule has 0 amide bonds. The maximum Gasteiger partial charge on any atom is 0.0959 e. The van der Waals surface area contributed by atoms with Crippen molar-refractivity contribution >= 4 is 16.7 Å². The fraction of sp³-hybridized carbons (Fsp3) is 0.300. The van der Waals surface area contributed by atoms with Gasteiger partial charge in [0.1, 0.15) is 0 Å². The first kappa shape index (κ1) is 9.02. The van der Waals surface area contributed by atoms with Crippen LogP contribution >= 0.6 is 0 Å². The summed E-state index contributed by atoms with van der Waals surface area (Å²) in [6, 6.07) is 5.74. The highest BCUT2D eigenvalue weighted by Gasteiger charge is 2.01. The minimum atomic E-state index is 0.690. The largest absolute Gasteiger partial charge is 0.399 e. The molecule has 0 fully saturated rings. The SMILES string of the molecule is COCCn1cnc2cc(N)ccc21. The number of rotatable bonds is 3. The van der Waals surface area contributed by atoms with Gasteiger partial charge in [0, 0.05) is 19.3 Å². The van der Waals surface area contributed by atoms with Crippen molar-refractivity contribution < 1.29 is 4.74 Å². The Hall–Kier alpha value is -1.55. The van der Waals surface area contributed by atoms with Crippen LogP contribution in [0.1, 0.15) is 0 Å². The van der Waals surface area contributed by atoms with Gasteiger partial charge in [0.15, 0.2) is 0 Å². The van der Waals surface area contributed by atoms with Crippen LogP contribution in [0.5, 0.6) is 0 Å². The average molecular weight is 191 g/mol. The minimum Gasteiger partial charge on any atom is -0.399 e. The second kappa shape index (κ2) is 3.67. The summed E-state index contributed by atoms with van der Waals surface area (Å²) in [4.78, 5) is 4.26. The second-order valence-corrected chi connectivity index (χ2v) is 3.18. The molecule has 2 N–H and O–H groups in total. The summed E-state index contributed by atoms with van der Waals surface area (Å²) in [7, 11) is 1.69. The Balaban J connectivity index is 2.37. The Morgan fingerprint density at radius 3 is 3.14 bits per heavy atom. The van der Waals surface area contributed by atoms with Crippen LogP contribution in [0.2, 0.25) is 0 Å². The lowest BCUT2D eigenvalue weighted by Gasteiger charge is -2.02. The van der Waals surface area contributed by atoms with E-state index in [0.717, 1.165) is 23.3 Å². The molecule has 0 aliphatic rings. The molecule has 0 bridgehead atoms. The topological polar surface area (TPSA) is 53.1 Å². The van der Waals surface area contributed by atoms with Crippen molar-refractivity contribution in [2.75, 3.05) is 19.5 Å². The Kier molecular flexibility index (Phi) is 2.37. The van der Waals surface area contributed by atoms with Gasteiger partial charge < -0.3 is 15.0 Å². The Morgan fingerprint density at radius 1 is 1.50 bits per heavy atom. The van der Waals surface area contributed by atoms with E-state index in [9.17, 15) is 0 Å². The number of hydrogen-bond donors (Lipinski definition) is 1. The van der Waals surface area contributed by atoms with Gasteiger partial charge in [-0.15, -0.1) is 0 Å². The molecule has 1 aromatic carbocycles. The summed E-state index contributed by atoms with van der Waals surface area (Å²) >= 11 is 0. The molecule has 0 radical (unpaired) electrons. The molecule has 1 heterocycles. The van der Waals surface area contributed by atoms with Crippen LogP contribution in [0, 0.1) is 0 Å². The van der Waals surface area contributed by atoms with Gasteiger partial charge in [-0.25, -0.2) is 4.98 Å². The molecular weight excluding hydrogens is 178 g/mol. The third-order valence-electron chi connectivity index (χ3n) is 2.18. The van der Waals surface area contributed by atoms with E-state index in [4.69, 9.17) is 10.5 Å². The number of benzene rings is 1. The number of nitrogens with zero attached hydrogens (tertiary/aromatic N) is 2. The molecular formula is C10H13N3O. The van der Waals surface area contributed by atoms with Gasteiger partial charge in [-0.05, 0) is 18.2 Å². The fourth-order valence-electron chi connectivity index (χ4n) is 1.45.